The predicted molar refractivity (Wildman–Crippen MR) is 126 cm³/mol. The number of para-hydroxylation sites is 2. The summed E-state index contributed by atoms with van der Waals surface area (Å²) in [6, 6.07) is 16.0. The van der Waals surface area contributed by atoms with Gasteiger partial charge in [-0.1, -0.05) is 47.5 Å². The van der Waals surface area contributed by atoms with Gasteiger partial charge < -0.3 is 9.80 Å². The molecule has 0 N–H and O–H groups in total. The maximum Gasteiger partial charge on any atom is 0.416 e. The molecule has 10 heteroatoms. The van der Waals surface area contributed by atoms with E-state index in [4.69, 9.17) is 23.2 Å². The molecule has 0 aliphatic carbocycles. The van der Waals surface area contributed by atoms with E-state index in [-0.39, 0.29) is 12.1 Å². The topological polar surface area (TPSA) is 6.48 Å². The van der Waals surface area contributed by atoms with Crippen molar-refractivity contribution in [3.8, 4) is 0 Å². The number of benzene rings is 3. The molecular weight excluding hydrogens is 513 g/mol. The summed E-state index contributed by atoms with van der Waals surface area (Å²) in [5.74, 6) is 0. The molecule has 0 amide bonds. The lowest BCUT2D eigenvalue weighted by Crippen LogP contribution is -2.44. The minimum Gasteiger partial charge on any atom is -0.363 e. The zero-order valence-corrected chi connectivity index (χ0v) is 19.7. The van der Waals surface area contributed by atoms with Crippen molar-refractivity contribution in [2.24, 2.45) is 0 Å². The van der Waals surface area contributed by atoms with Gasteiger partial charge in [-0.15, -0.1) is 0 Å². The van der Waals surface area contributed by atoms with E-state index in [2.05, 4.69) is 0 Å². The summed E-state index contributed by atoms with van der Waals surface area (Å²) in [5, 5.41) is 0.859. The Kier molecular flexibility index (Phi) is 7.16. The van der Waals surface area contributed by atoms with Gasteiger partial charge in [0, 0.05) is 29.7 Å². The van der Waals surface area contributed by atoms with E-state index in [1.807, 2.05) is 4.90 Å². The second kappa shape index (κ2) is 9.82. The third-order valence-corrected chi connectivity index (χ3v) is 6.27. The monoisotopic (exact) mass is 532 g/mol. The molecule has 0 radical (unpaired) electrons. The Morgan fingerprint density at radius 2 is 1.46 bits per heavy atom. The summed E-state index contributed by atoms with van der Waals surface area (Å²) in [6.07, 6.45) is -10.1. The van der Waals surface area contributed by atoms with E-state index in [0.717, 1.165) is 17.7 Å². The Morgan fingerprint density at radius 1 is 0.800 bits per heavy atom. The highest BCUT2D eigenvalue weighted by Crippen LogP contribution is 2.43. The Labute approximate surface area is 208 Å². The third kappa shape index (κ3) is 6.16. The van der Waals surface area contributed by atoms with Crippen molar-refractivity contribution < 1.29 is 26.3 Å². The van der Waals surface area contributed by atoms with Crippen LogP contribution in [0.5, 0.6) is 0 Å². The number of fused-ring (bicyclic) bond motifs is 1. The van der Waals surface area contributed by atoms with E-state index in [1.54, 1.807) is 47.4 Å². The van der Waals surface area contributed by atoms with Crippen molar-refractivity contribution in [1.82, 2.24) is 0 Å². The van der Waals surface area contributed by atoms with Crippen molar-refractivity contribution in [3.05, 3.63) is 93.5 Å². The lowest BCUT2D eigenvalue weighted by molar-refractivity contribution is -0.137. The van der Waals surface area contributed by atoms with E-state index in [9.17, 15) is 26.3 Å². The molecule has 2 nitrogen and oxygen atoms in total. The average molecular weight is 533 g/mol. The summed E-state index contributed by atoms with van der Waals surface area (Å²) >= 11 is 12.3. The minimum atomic E-state index is -4.57. The normalized spacial score (nSPS) is 16.4. The van der Waals surface area contributed by atoms with Crippen LogP contribution in [0.1, 0.15) is 29.2 Å². The molecule has 0 saturated heterocycles. The number of halogens is 8. The lowest BCUT2D eigenvalue weighted by Gasteiger charge is -2.45. The van der Waals surface area contributed by atoms with Crippen LogP contribution in [0.25, 0.3) is 0 Å². The fourth-order valence-electron chi connectivity index (χ4n) is 4.35. The molecule has 3 aromatic rings. The number of nitrogens with zero attached hydrogens (tertiary/aromatic N) is 2. The maximum atomic E-state index is 13.4. The Bertz CT molecular complexity index is 1170. The highest BCUT2D eigenvalue weighted by molar-refractivity contribution is 6.34. The van der Waals surface area contributed by atoms with Gasteiger partial charge in [0.15, 0.2) is 0 Å². The lowest BCUT2D eigenvalue weighted by atomic mass is 9.97. The molecule has 0 aromatic heterocycles. The molecule has 1 aliphatic rings. The van der Waals surface area contributed by atoms with Gasteiger partial charge >= 0.3 is 12.4 Å². The molecule has 186 valence electrons. The predicted octanol–water partition coefficient (Wildman–Crippen LogP) is 8.53. The van der Waals surface area contributed by atoms with E-state index in [1.165, 1.54) is 12.1 Å². The van der Waals surface area contributed by atoms with Crippen LogP contribution in [0.3, 0.4) is 0 Å². The Balaban J connectivity index is 1.78. The SMILES string of the molecule is FC(F)(F)CCN1c2ccccc2N(Cc2cc(Cl)cc(Cl)c2)C[C@H]1c1cccc(C(F)(F)F)c1. The van der Waals surface area contributed by atoms with Crippen molar-refractivity contribution in [3.63, 3.8) is 0 Å². The summed E-state index contributed by atoms with van der Waals surface area (Å²) in [6.45, 7) is 0.0957. The fraction of sp³-hybridized carbons (Fsp3) is 0.280. The van der Waals surface area contributed by atoms with Crippen LogP contribution in [0.4, 0.5) is 37.7 Å². The Morgan fingerprint density at radius 3 is 2.09 bits per heavy atom. The highest BCUT2D eigenvalue weighted by atomic mass is 35.5. The molecule has 0 saturated carbocycles. The first kappa shape index (κ1) is 25.5. The summed E-state index contributed by atoms with van der Waals surface area (Å²) in [5.41, 5.74) is 1.39. The summed E-state index contributed by atoms with van der Waals surface area (Å²) < 4.78 is 79.7. The van der Waals surface area contributed by atoms with E-state index >= 15 is 0 Å². The number of rotatable bonds is 5. The zero-order valence-electron chi connectivity index (χ0n) is 18.2. The molecule has 0 unspecified atom stereocenters. The molecule has 1 aliphatic heterocycles. The van der Waals surface area contributed by atoms with E-state index < -0.39 is 36.9 Å². The molecule has 35 heavy (non-hydrogen) atoms. The molecule has 3 aromatic carbocycles. The Hall–Kier alpha value is -2.58. The molecular formula is C25H20Cl2F6N2. The second-order valence-electron chi connectivity index (χ2n) is 8.34. The number of hydrogen-bond acceptors (Lipinski definition) is 2. The quantitative estimate of drug-likeness (QED) is 0.304. The number of anilines is 2. The maximum absolute atomic E-state index is 13.4. The number of alkyl halides is 6. The standard InChI is InChI=1S/C25H20Cl2F6N2/c26-19-10-16(11-20(27)13-19)14-34-15-23(17-4-3-5-18(12-17)25(31,32)33)35(9-8-24(28,29)30)22-7-2-1-6-21(22)34/h1-7,10-13,23H,8-9,14-15H2/t23-/m0/s1. The summed E-state index contributed by atoms with van der Waals surface area (Å²) in [7, 11) is 0. The highest BCUT2D eigenvalue weighted by Gasteiger charge is 2.37. The summed E-state index contributed by atoms with van der Waals surface area (Å²) in [4.78, 5) is 3.46. The first-order chi connectivity index (χ1) is 16.4. The molecule has 4 rings (SSSR count). The van der Waals surface area contributed by atoms with Crippen LogP contribution >= 0.6 is 23.2 Å². The fourth-order valence-corrected chi connectivity index (χ4v) is 4.92. The van der Waals surface area contributed by atoms with Crippen LogP contribution in [0, 0.1) is 0 Å². The first-order valence-electron chi connectivity index (χ1n) is 10.7. The van der Waals surface area contributed by atoms with Gasteiger partial charge in [0.1, 0.15) is 0 Å². The molecule has 0 fully saturated rings. The third-order valence-electron chi connectivity index (χ3n) is 5.83. The number of hydrogen-bond donors (Lipinski definition) is 0. The molecule has 0 spiro atoms. The van der Waals surface area contributed by atoms with Crippen molar-refractivity contribution >= 4 is 34.6 Å². The van der Waals surface area contributed by atoms with Crippen molar-refractivity contribution in [1.29, 1.82) is 0 Å². The van der Waals surface area contributed by atoms with Crippen LogP contribution in [-0.2, 0) is 12.7 Å². The first-order valence-corrected chi connectivity index (χ1v) is 11.5. The van der Waals surface area contributed by atoms with Gasteiger partial charge in [-0.2, -0.15) is 26.3 Å². The molecule has 0 bridgehead atoms. The largest absolute Gasteiger partial charge is 0.416 e. The van der Waals surface area contributed by atoms with Crippen LogP contribution < -0.4 is 9.80 Å². The van der Waals surface area contributed by atoms with Gasteiger partial charge in [0.2, 0.25) is 0 Å². The van der Waals surface area contributed by atoms with Gasteiger partial charge in [0.05, 0.1) is 29.4 Å². The second-order valence-corrected chi connectivity index (χ2v) is 9.22. The van der Waals surface area contributed by atoms with Crippen molar-refractivity contribution in [2.75, 3.05) is 22.9 Å². The van der Waals surface area contributed by atoms with Crippen LogP contribution in [-0.4, -0.2) is 19.3 Å². The van der Waals surface area contributed by atoms with Gasteiger partial charge in [-0.05, 0) is 53.6 Å². The minimum absolute atomic E-state index is 0.167. The average Bonchev–Trinajstić information content (AvgIpc) is 2.76. The molecule has 1 heterocycles. The van der Waals surface area contributed by atoms with E-state index in [0.29, 0.717) is 28.0 Å². The van der Waals surface area contributed by atoms with Crippen LogP contribution in [0.15, 0.2) is 66.7 Å². The van der Waals surface area contributed by atoms with Gasteiger partial charge in [-0.25, -0.2) is 0 Å². The zero-order chi connectivity index (χ0) is 25.4. The van der Waals surface area contributed by atoms with Crippen LogP contribution in [0.2, 0.25) is 10.0 Å². The smallest absolute Gasteiger partial charge is 0.363 e. The van der Waals surface area contributed by atoms with Gasteiger partial charge in [-0.3, -0.25) is 0 Å². The molecule has 1 atom stereocenters. The van der Waals surface area contributed by atoms with Gasteiger partial charge in [0.25, 0.3) is 0 Å². The van der Waals surface area contributed by atoms with Crippen molar-refractivity contribution in [2.45, 2.75) is 31.4 Å².